The van der Waals surface area contributed by atoms with Crippen LogP contribution in [-0.4, -0.2) is 61.4 Å². The van der Waals surface area contributed by atoms with E-state index >= 15 is 0 Å². The van der Waals surface area contributed by atoms with Crippen molar-refractivity contribution in [2.75, 3.05) is 36.8 Å². The minimum absolute atomic E-state index is 0.138. The Bertz CT molecular complexity index is 907. The molecule has 0 saturated carbocycles. The fraction of sp³-hybridized carbons (Fsp3) is 0.200. The maximum atomic E-state index is 13.2. The molecular formula is C20H20N4O4. The van der Waals surface area contributed by atoms with Gasteiger partial charge < -0.3 is 20.8 Å². The number of carbonyl (C=O) groups is 2. The molecule has 0 amide bonds. The Hall–Kier alpha value is -3.68. The highest BCUT2D eigenvalue weighted by atomic mass is 16.3. The third-order valence-corrected chi connectivity index (χ3v) is 4.45. The highest BCUT2D eigenvalue weighted by Gasteiger charge is 2.37. The molecule has 0 aromatic heterocycles. The molecular weight excluding hydrogens is 360 g/mol. The average molecular weight is 380 g/mol. The van der Waals surface area contributed by atoms with E-state index in [1.807, 2.05) is 0 Å². The number of phenols is 2. The van der Waals surface area contributed by atoms with E-state index in [2.05, 4.69) is 34.1 Å². The highest BCUT2D eigenvalue weighted by Crippen LogP contribution is 2.42. The van der Waals surface area contributed by atoms with Crippen LogP contribution in [0.15, 0.2) is 34.3 Å². The first-order valence-electron chi connectivity index (χ1n) is 8.65. The third-order valence-electron chi connectivity index (χ3n) is 4.45. The van der Waals surface area contributed by atoms with Gasteiger partial charge in [0.05, 0.1) is 35.3 Å². The Labute approximate surface area is 161 Å². The van der Waals surface area contributed by atoms with Gasteiger partial charge in [-0.2, -0.15) is 0 Å². The van der Waals surface area contributed by atoms with Crippen molar-refractivity contribution in [2.45, 2.75) is 0 Å². The second-order valence-corrected chi connectivity index (χ2v) is 6.17. The number of hydrogen-bond donors (Lipinski definition) is 4. The van der Waals surface area contributed by atoms with Crippen molar-refractivity contribution in [3.8, 4) is 11.5 Å². The van der Waals surface area contributed by atoms with Gasteiger partial charge in [-0.3, -0.25) is 19.6 Å². The van der Waals surface area contributed by atoms with Gasteiger partial charge in [0.15, 0.2) is 0 Å². The average Bonchev–Trinajstić information content (AvgIpc) is 2.68. The van der Waals surface area contributed by atoms with Crippen LogP contribution in [0.2, 0.25) is 0 Å². The molecule has 2 aromatic carbocycles. The van der Waals surface area contributed by atoms with Crippen LogP contribution in [0.25, 0.3) is 0 Å². The van der Waals surface area contributed by atoms with Gasteiger partial charge in [-0.1, -0.05) is 0 Å². The molecule has 0 radical (unpaired) electrons. The lowest BCUT2D eigenvalue weighted by Gasteiger charge is -2.24. The largest absolute Gasteiger partial charge is 0.507 e. The maximum Gasteiger partial charge on any atom is 0.200 e. The van der Waals surface area contributed by atoms with E-state index < -0.39 is 11.6 Å². The number of aliphatic imine (C=N–C) groups is 2. The molecule has 8 heteroatoms. The summed E-state index contributed by atoms with van der Waals surface area (Å²) in [5.41, 5.74) is 0.758. The van der Waals surface area contributed by atoms with Crippen LogP contribution in [0.4, 0.5) is 11.4 Å². The smallest absolute Gasteiger partial charge is 0.200 e. The lowest BCUT2D eigenvalue weighted by Crippen LogP contribution is -2.25. The molecule has 28 heavy (non-hydrogen) atoms. The van der Waals surface area contributed by atoms with Gasteiger partial charge in [-0.05, 0) is 37.7 Å². The third kappa shape index (κ3) is 3.20. The lowest BCUT2D eigenvalue weighted by molar-refractivity contribution is 0.0975. The van der Waals surface area contributed by atoms with Gasteiger partial charge in [0.2, 0.25) is 11.6 Å². The van der Waals surface area contributed by atoms with Crippen LogP contribution in [-0.2, 0) is 0 Å². The van der Waals surface area contributed by atoms with Crippen molar-refractivity contribution in [1.82, 2.24) is 0 Å². The number of ketones is 2. The fourth-order valence-electron chi connectivity index (χ4n) is 3.20. The molecule has 1 aliphatic carbocycles. The molecule has 0 saturated heterocycles. The maximum absolute atomic E-state index is 13.2. The summed E-state index contributed by atoms with van der Waals surface area (Å²) in [4.78, 5) is 33.9. The first kappa shape index (κ1) is 19.1. The number of nitrogens with zero attached hydrogens (tertiary/aromatic N) is 2. The van der Waals surface area contributed by atoms with Crippen LogP contribution < -0.4 is 10.6 Å². The topological polar surface area (TPSA) is 123 Å². The van der Waals surface area contributed by atoms with Gasteiger partial charge in [0.1, 0.15) is 11.5 Å². The zero-order chi connectivity index (χ0) is 20.3. The van der Waals surface area contributed by atoms with E-state index in [1.165, 1.54) is 12.1 Å². The number of anilines is 2. The first-order chi connectivity index (χ1) is 13.5. The van der Waals surface area contributed by atoms with Crippen molar-refractivity contribution in [1.29, 1.82) is 0 Å². The Morgan fingerprint density at radius 2 is 1.11 bits per heavy atom. The van der Waals surface area contributed by atoms with Crippen molar-refractivity contribution in [3.63, 3.8) is 0 Å². The quantitative estimate of drug-likeness (QED) is 0.270. The van der Waals surface area contributed by atoms with Crippen LogP contribution in [0, 0.1) is 0 Å². The second kappa shape index (κ2) is 7.91. The standard InChI is InChI=1S/C20H20N4O4/c1-21-7-9-23-11-3-4-12(24-10-8-22-2)16-15(11)19(27)17-13(25)5-6-14(26)18(17)20(16)28/h3-6,23-26H,1-2,7-10H2. The molecule has 1 aliphatic rings. The molecule has 0 bridgehead atoms. The van der Waals surface area contributed by atoms with Gasteiger partial charge in [-0.15, -0.1) is 0 Å². The van der Waals surface area contributed by atoms with Crippen molar-refractivity contribution in [3.05, 3.63) is 46.5 Å². The predicted molar refractivity (Wildman–Crippen MR) is 109 cm³/mol. The summed E-state index contributed by atoms with van der Waals surface area (Å²) in [5, 5.41) is 26.5. The van der Waals surface area contributed by atoms with E-state index in [0.717, 1.165) is 0 Å². The number of hydrogen-bond acceptors (Lipinski definition) is 8. The van der Waals surface area contributed by atoms with Crippen molar-refractivity contribution < 1.29 is 19.8 Å². The van der Waals surface area contributed by atoms with Crippen molar-refractivity contribution in [2.24, 2.45) is 9.98 Å². The zero-order valence-electron chi connectivity index (χ0n) is 15.2. The number of aromatic hydroxyl groups is 2. The zero-order valence-corrected chi connectivity index (χ0v) is 15.2. The summed E-state index contributed by atoms with van der Waals surface area (Å²) in [6, 6.07) is 5.75. The van der Waals surface area contributed by atoms with Gasteiger partial charge in [0, 0.05) is 24.5 Å². The molecule has 4 N–H and O–H groups in total. The number of rotatable bonds is 8. The SMILES string of the molecule is C=NCCNc1ccc(NCCN=C)c2c1C(=O)c1c(O)ccc(O)c1C2=O. The van der Waals surface area contributed by atoms with E-state index in [0.29, 0.717) is 37.6 Å². The number of phenolic OH excluding ortho intramolecular Hbond substituents is 2. The molecule has 0 atom stereocenters. The number of nitrogens with one attached hydrogen (secondary N) is 2. The van der Waals surface area contributed by atoms with Crippen LogP contribution >= 0.6 is 0 Å². The summed E-state index contributed by atoms with van der Waals surface area (Å²) in [6.07, 6.45) is 0. The van der Waals surface area contributed by atoms with E-state index in [4.69, 9.17) is 0 Å². The van der Waals surface area contributed by atoms with E-state index in [-0.39, 0.29) is 33.8 Å². The summed E-state index contributed by atoms with van der Waals surface area (Å²) in [7, 11) is 0. The Kier molecular flexibility index (Phi) is 5.39. The normalized spacial score (nSPS) is 12.1. The first-order valence-corrected chi connectivity index (χ1v) is 8.65. The molecule has 0 spiro atoms. The molecule has 0 heterocycles. The van der Waals surface area contributed by atoms with Crippen LogP contribution in [0.3, 0.4) is 0 Å². The number of carbonyl (C=O) groups excluding carboxylic acids is 2. The van der Waals surface area contributed by atoms with Crippen LogP contribution in [0.1, 0.15) is 31.8 Å². The second-order valence-electron chi connectivity index (χ2n) is 6.17. The van der Waals surface area contributed by atoms with E-state index in [9.17, 15) is 19.8 Å². The Morgan fingerprint density at radius 1 is 0.714 bits per heavy atom. The van der Waals surface area contributed by atoms with Gasteiger partial charge in [-0.25, -0.2) is 0 Å². The Morgan fingerprint density at radius 3 is 1.46 bits per heavy atom. The monoisotopic (exact) mass is 380 g/mol. The lowest BCUT2D eigenvalue weighted by atomic mass is 9.81. The molecule has 144 valence electrons. The summed E-state index contributed by atoms with van der Waals surface area (Å²) in [5.74, 6) is -1.80. The minimum atomic E-state index is -0.544. The summed E-state index contributed by atoms with van der Waals surface area (Å²) < 4.78 is 0. The molecule has 3 rings (SSSR count). The molecule has 0 unspecified atom stereocenters. The van der Waals surface area contributed by atoms with Gasteiger partial charge >= 0.3 is 0 Å². The molecule has 0 aliphatic heterocycles. The minimum Gasteiger partial charge on any atom is -0.507 e. The number of benzene rings is 2. The fourth-order valence-corrected chi connectivity index (χ4v) is 3.20. The summed E-state index contributed by atoms with van der Waals surface area (Å²) in [6.45, 7) is 8.52. The molecule has 8 nitrogen and oxygen atoms in total. The van der Waals surface area contributed by atoms with Crippen molar-refractivity contribution >= 4 is 36.4 Å². The molecule has 2 aromatic rings. The van der Waals surface area contributed by atoms with Gasteiger partial charge in [0.25, 0.3) is 0 Å². The van der Waals surface area contributed by atoms with E-state index in [1.54, 1.807) is 12.1 Å². The number of fused-ring (bicyclic) bond motifs is 2. The molecule has 0 fully saturated rings. The van der Waals surface area contributed by atoms with Crippen LogP contribution in [0.5, 0.6) is 11.5 Å². The highest BCUT2D eigenvalue weighted by molar-refractivity contribution is 6.33. The Balaban J connectivity index is 2.18. The predicted octanol–water partition coefficient (Wildman–Crippen LogP) is 2.10. The summed E-state index contributed by atoms with van der Waals surface area (Å²) >= 11 is 0.